The SMILES string of the molecule is C[C@H](CN(c1ccccc1F)S(=O)(=O)C1CC1)N1C(=O)[C@@H](CC(=O)O)O[C@H](c2cccc(Cl)c2)[C@H]1c1ccc(Cl)cc1. The number of aliphatic carboxylic acids is 1. The van der Waals surface area contributed by atoms with Gasteiger partial charge in [0, 0.05) is 16.1 Å². The van der Waals surface area contributed by atoms with Gasteiger partial charge in [0.1, 0.15) is 18.0 Å². The number of carbonyl (C=O) groups is 2. The van der Waals surface area contributed by atoms with Crippen molar-refractivity contribution in [2.45, 2.75) is 55.7 Å². The smallest absolute Gasteiger partial charge is 0.306 e. The molecule has 0 radical (unpaired) electrons. The van der Waals surface area contributed by atoms with Crippen LogP contribution in [0.5, 0.6) is 0 Å². The number of sulfonamides is 1. The number of morpholine rings is 1. The Morgan fingerprint density at radius 3 is 2.36 bits per heavy atom. The molecule has 0 aromatic heterocycles. The number of carboxylic acids is 1. The quantitative estimate of drug-likeness (QED) is 0.293. The van der Waals surface area contributed by atoms with E-state index in [0.717, 1.165) is 4.31 Å². The van der Waals surface area contributed by atoms with Gasteiger partial charge in [0.15, 0.2) is 0 Å². The molecule has 3 aromatic carbocycles. The molecule has 3 aromatic rings. The average Bonchev–Trinajstić information content (AvgIpc) is 3.80. The lowest BCUT2D eigenvalue weighted by Gasteiger charge is -2.48. The first-order valence-electron chi connectivity index (χ1n) is 13.4. The van der Waals surface area contributed by atoms with Crippen LogP contribution in [-0.2, 0) is 24.3 Å². The summed E-state index contributed by atoms with van der Waals surface area (Å²) in [7, 11) is -3.95. The van der Waals surface area contributed by atoms with Crippen LogP contribution in [0.1, 0.15) is 49.5 Å². The van der Waals surface area contributed by atoms with Gasteiger partial charge >= 0.3 is 5.97 Å². The summed E-state index contributed by atoms with van der Waals surface area (Å²) >= 11 is 12.5. The molecular formula is C30H29Cl2FN2O6S. The van der Waals surface area contributed by atoms with Crippen molar-refractivity contribution >= 4 is 50.8 Å². The van der Waals surface area contributed by atoms with E-state index in [2.05, 4.69) is 0 Å². The number of rotatable bonds is 10. The molecule has 2 aliphatic rings. The third-order valence-electron chi connectivity index (χ3n) is 7.45. The number of hydrogen-bond donors (Lipinski definition) is 1. The summed E-state index contributed by atoms with van der Waals surface area (Å²) in [6.45, 7) is 1.40. The lowest BCUT2D eigenvalue weighted by atomic mass is 9.90. The van der Waals surface area contributed by atoms with Crippen LogP contribution in [0.25, 0.3) is 0 Å². The van der Waals surface area contributed by atoms with Gasteiger partial charge in [-0.3, -0.25) is 13.9 Å². The molecule has 2 fully saturated rings. The van der Waals surface area contributed by atoms with Crippen molar-refractivity contribution in [2.24, 2.45) is 0 Å². The van der Waals surface area contributed by atoms with E-state index >= 15 is 4.39 Å². The number of anilines is 1. The summed E-state index contributed by atoms with van der Waals surface area (Å²) in [4.78, 5) is 27.3. The predicted octanol–water partition coefficient (Wildman–Crippen LogP) is 6.00. The van der Waals surface area contributed by atoms with E-state index in [1.807, 2.05) is 0 Å². The molecule has 42 heavy (non-hydrogen) atoms. The van der Waals surface area contributed by atoms with Gasteiger partial charge in [-0.25, -0.2) is 12.8 Å². The van der Waals surface area contributed by atoms with Crippen LogP contribution in [-0.4, -0.2) is 54.2 Å². The van der Waals surface area contributed by atoms with Crippen molar-refractivity contribution in [3.63, 3.8) is 0 Å². The van der Waals surface area contributed by atoms with Crippen LogP contribution in [0.15, 0.2) is 72.8 Å². The molecule has 5 rings (SSSR count). The zero-order valence-electron chi connectivity index (χ0n) is 22.6. The van der Waals surface area contributed by atoms with Crippen molar-refractivity contribution < 1.29 is 32.2 Å². The maximum absolute atomic E-state index is 15.0. The highest BCUT2D eigenvalue weighted by molar-refractivity contribution is 7.93. The average molecular weight is 636 g/mol. The van der Waals surface area contributed by atoms with Gasteiger partial charge < -0.3 is 14.7 Å². The number of ether oxygens (including phenoxy) is 1. The van der Waals surface area contributed by atoms with Crippen LogP contribution in [0.2, 0.25) is 10.0 Å². The zero-order valence-corrected chi connectivity index (χ0v) is 24.9. The summed E-state index contributed by atoms with van der Waals surface area (Å²) in [5.41, 5.74) is 1.11. The van der Waals surface area contributed by atoms with E-state index in [-0.39, 0.29) is 12.2 Å². The summed E-state index contributed by atoms with van der Waals surface area (Å²) in [6.07, 6.45) is -1.91. The monoisotopic (exact) mass is 634 g/mol. The molecule has 0 bridgehead atoms. The largest absolute Gasteiger partial charge is 0.481 e. The standard InChI is InChI=1S/C30H29Cl2FN2O6S/c1-18(17-34(42(39,40)23-13-14-23)25-8-3-2-7-24(25)33)35-28(19-9-11-21(31)12-10-19)29(20-5-4-6-22(32)15-20)41-26(30(35)38)16-27(36)37/h2-12,15,18,23,26,28-29H,13-14,16-17H2,1H3,(H,36,37)/t18-,26-,28-,29-/m1/s1. The van der Waals surface area contributed by atoms with Crippen LogP contribution in [0, 0.1) is 5.82 Å². The second-order valence-corrected chi connectivity index (χ2v) is 13.5. The number of carboxylic acid groups (broad SMARTS) is 1. The summed E-state index contributed by atoms with van der Waals surface area (Å²) in [5, 5.41) is 9.84. The minimum atomic E-state index is -3.95. The van der Waals surface area contributed by atoms with Crippen molar-refractivity contribution in [1.29, 1.82) is 0 Å². The number of nitrogens with zero attached hydrogens (tertiary/aromatic N) is 2. The zero-order chi connectivity index (χ0) is 30.2. The van der Waals surface area contributed by atoms with Gasteiger partial charge in [0.05, 0.1) is 29.9 Å². The van der Waals surface area contributed by atoms with Crippen molar-refractivity contribution in [2.75, 3.05) is 10.8 Å². The maximum atomic E-state index is 15.0. The Morgan fingerprint density at radius 1 is 1.05 bits per heavy atom. The Hall–Kier alpha value is -3.18. The number of para-hydroxylation sites is 1. The Morgan fingerprint density at radius 2 is 1.74 bits per heavy atom. The normalized spacial score (nSPS) is 21.7. The fourth-order valence-electron chi connectivity index (χ4n) is 5.35. The van der Waals surface area contributed by atoms with Gasteiger partial charge in [0.25, 0.3) is 5.91 Å². The highest BCUT2D eigenvalue weighted by Crippen LogP contribution is 2.45. The van der Waals surface area contributed by atoms with Crippen LogP contribution >= 0.6 is 23.2 Å². The highest BCUT2D eigenvalue weighted by atomic mass is 35.5. The molecule has 8 nitrogen and oxygen atoms in total. The first-order valence-corrected chi connectivity index (χ1v) is 15.7. The van der Waals surface area contributed by atoms with Gasteiger partial charge in [-0.15, -0.1) is 0 Å². The molecule has 222 valence electrons. The van der Waals surface area contributed by atoms with E-state index in [9.17, 15) is 23.1 Å². The fourth-order valence-corrected chi connectivity index (χ4v) is 7.61. The van der Waals surface area contributed by atoms with Gasteiger partial charge in [-0.05, 0) is 67.3 Å². The van der Waals surface area contributed by atoms with E-state index in [1.54, 1.807) is 61.5 Å². The lowest BCUT2D eigenvalue weighted by molar-refractivity contribution is -0.182. The fraction of sp³-hybridized carbons (Fsp3) is 0.333. The molecule has 1 saturated heterocycles. The van der Waals surface area contributed by atoms with E-state index in [0.29, 0.717) is 34.0 Å². The third kappa shape index (κ3) is 6.27. The molecule has 1 saturated carbocycles. The molecule has 1 aliphatic carbocycles. The Balaban J connectivity index is 1.62. The maximum Gasteiger partial charge on any atom is 0.306 e. The molecular weight excluding hydrogens is 606 g/mol. The molecule has 12 heteroatoms. The molecule has 1 heterocycles. The lowest BCUT2D eigenvalue weighted by Crippen LogP contribution is -2.57. The molecule has 0 spiro atoms. The third-order valence-corrected chi connectivity index (χ3v) is 10.2. The first-order chi connectivity index (χ1) is 20.0. The molecule has 4 atom stereocenters. The number of carbonyl (C=O) groups excluding carboxylic acids is 1. The topological polar surface area (TPSA) is 104 Å². The van der Waals surface area contributed by atoms with Gasteiger partial charge in [0.2, 0.25) is 10.0 Å². The predicted molar refractivity (Wildman–Crippen MR) is 158 cm³/mol. The van der Waals surface area contributed by atoms with Crippen molar-refractivity contribution in [3.8, 4) is 0 Å². The van der Waals surface area contributed by atoms with E-state index < -0.39 is 63.7 Å². The van der Waals surface area contributed by atoms with Crippen molar-refractivity contribution in [1.82, 2.24) is 4.90 Å². The molecule has 1 N–H and O–H groups in total. The first kappa shape index (κ1) is 30.3. The van der Waals surface area contributed by atoms with Crippen LogP contribution < -0.4 is 4.31 Å². The summed E-state index contributed by atoms with van der Waals surface area (Å²) in [6, 6.07) is 17.6. The van der Waals surface area contributed by atoms with E-state index in [4.69, 9.17) is 27.9 Å². The minimum Gasteiger partial charge on any atom is -0.481 e. The summed E-state index contributed by atoms with van der Waals surface area (Å²) in [5.74, 6) is -2.57. The molecule has 1 aliphatic heterocycles. The number of amides is 1. The number of halogens is 3. The van der Waals surface area contributed by atoms with Crippen LogP contribution in [0.4, 0.5) is 10.1 Å². The number of hydrogen-bond acceptors (Lipinski definition) is 5. The van der Waals surface area contributed by atoms with Gasteiger partial charge in [-0.1, -0.05) is 59.6 Å². The second kappa shape index (κ2) is 12.2. The Kier molecular flexibility index (Phi) is 8.80. The number of benzene rings is 3. The Labute approximate surface area is 253 Å². The summed E-state index contributed by atoms with van der Waals surface area (Å²) < 4.78 is 49.4. The highest BCUT2D eigenvalue weighted by Gasteiger charge is 2.48. The van der Waals surface area contributed by atoms with Crippen LogP contribution in [0.3, 0.4) is 0 Å². The Bertz CT molecular complexity index is 1580. The van der Waals surface area contributed by atoms with Crippen molar-refractivity contribution in [3.05, 3.63) is 99.8 Å². The molecule has 1 amide bonds. The van der Waals surface area contributed by atoms with Gasteiger partial charge in [-0.2, -0.15) is 0 Å². The molecule has 0 unspecified atom stereocenters. The second-order valence-electron chi connectivity index (χ2n) is 10.5. The minimum absolute atomic E-state index is 0.117. The van der Waals surface area contributed by atoms with E-state index in [1.165, 1.54) is 23.1 Å².